The van der Waals surface area contributed by atoms with E-state index in [1.54, 1.807) is 0 Å². The average molecular weight is 198 g/mol. The van der Waals surface area contributed by atoms with E-state index in [1.165, 1.54) is 12.8 Å². The van der Waals surface area contributed by atoms with Gasteiger partial charge in [0.25, 0.3) is 0 Å². The molecule has 0 aromatic carbocycles. The Kier molecular flexibility index (Phi) is 3.37. The largest absolute Gasteiger partial charge is 0.380 e. The van der Waals surface area contributed by atoms with Crippen molar-refractivity contribution in [2.45, 2.75) is 25.3 Å². The number of nitrogens with zero attached hydrogens (tertiary/aromatic N) is 1. The molecule has 0 atom stereocenters. The molecule has 1 heterocycles. The summed E-state index contributed by atoms with van der Waals surface area (Å²) in [6.07, 6.45) is 3.43. The summed E-state index contributed by atoms with van der Waals surface area (Å²) in [5, 5.41) is 3.24. The summed E-state index contributed by atoms with van der Waals surface area (Å²) in [7, 11) is 0. The highest BCUT2D eigenvalue weighted by Crippen LogP contribution is 2.18. The zero-order valence-corrected chi connectivity index (χ0v) is 8.50. The molecule has 0 bridgehead atoms. The second-order valence-corrected chi connectivity index (χ2v) is 4.00. The first-order chi connectivity index (χ1) is 6.86. The first kappa shape index (κ1) is 9.93. The van der Waals surface area contributed by atoms with E-state index in [2.05, 4.69) is 5.32 Å². The standard InChI is InChI=1S/C10H18N2O2/c13-10(8-11-9-2-3-9)12-4-1-6-14-7-5-12/h9,11H,1-8H2. The van der Waals surface area contributed by atoms with Crippen molar-refractivity contribution in [1.29, 1.82) is 0 Å². The van der Waals surface area contributed by atoms with Crippen molar-refractivity contribution in [3.05, 3.63) is 0 Å². The molecule has 4 nitrogen and oxygen atoms in total. The van der Waals surface area contributed by atoms with Gasteiger partial charge in [0.2, 0.25) is 5.91 Å². The third kappa shape index (κ3) is 2.96. The number of carbonyl (C=O) groups excluding carboxylic acids is 1. The molecule has 1 amide bonds. The molecule has 0 aromatic heterocycles. The molecular weight excluding hydrogens is 180 g/mol. The quantitative estimate of drug-likeness (QED) is 0.693. The number of amides is 1. The van der Waals surface area contributed by atoms with Gasteiger partial charge in [-0.15, -0.1) is 0 Å². The van der Waals surface area contributed by atoms with Crippen molar-refractivity contribution < 1.29 is 9.53 Å². The van der Waals surface area contributed by atoms with E-state index in [-0.39, 0.29) is 5.91 Å². The Hall–Kier alpha value is -0.610. The van der Waals surface area contributed by atoms with Crippen LogP contribution in [0.3, 0.4) is 0 Å². The van der Waals surface area contributed by atoms with Gasteiger partial charge in [0.1, 0.15) is 0 Å². The lowest BCUT2D eigenvalue weighted by Gasteiger charge is -2.19. The molecule has 4 heteroatoms. The van der Waals surface area contributed by atoms with Gasteiger partial charge >= 0.3 is 0 Å². The number of ether oxygens (including phenoxy) is 1. The van der Waals surface area contributed by atoms with Crippen LogP contribution in [0.15, 0.2) is 0 Å². The molecule has 1 saturated carbocycles. The van der Waals surface area contributed by atoms with Crippen molar-refractivity contribution in [1.82, 2.24) is 10.2 Å². The lowest BCUT2D eigenvalue weighted by Crippen LogP contribution is -2.40. The molecule has 0 unspecified atom stereocenters. The van der Waals surface area contributed by atoms with Gasteiger partial charge in [-0.3, -0.25) is 4.79 Å². The molecule has 1 saturated heterocycles. The molecular formula is C10H18N2O2. The fourth-order valence-electron chi connectivity index (χ4n) is 1.63. The highest BCUT2D eigenvalue weighted by Gasteiger charge is 2.23. The van der Waals surface area contributed by atoms with Crippen LogP contribution in [0.4, 0.5) is 0 Å². The molecule has 0 radical (unpaired) electrons. The Balaban J connectivity index is 1.70. The average Bonchev–Trinajstić information content (AvgIpc) is 3.01. The fraction of sp³-hybridized carbons (Fsp3) is 0.900. The van der Waals surface area contributed by atoms with E-state index in [0.717, 1.165) is 26.1 Å². The topological polar surface area (TPSA) is 41.6 Å². The minimum atomic E-state index is 0.224. The minimum Gasteiger partial charge on any atom is -0.380 e. The van der Waals surface area contributed by atoms with Crippen LogP contribution >= 0.6 is 0 Å². The molecule has 0 spiro atoms. The van der Waals surface area contributed by atoms with Crippen LogP contribution in [-0.2, 0) is 9.53 Å². The lowest BCUT2D eigenvalue weighted by atomic mass is 10.4. The number of rotatable bonds is 3. The van der Waals surface area contributed by atoms with Crippen LogP contribution in [0.1, 0.15) is 19.3 Å². The summed E-state index contributed by atoms with van der Waals surface area (Å²) in [4.78, 5) is 13.6. The van der Waals surface area contributed by atoms with Gasteiger partial charge in [-0.25, -0.2) is 0 Å². The van der Waals surface area contributed by atoms with Gasteiger partial charge in [0, 0.05) is 25.7 Å². The molecule has 80 valence electrons. The molecule has 1 N–H and O–H groups in total. The van der Waals surface area contributed by atoms with Gasteiger partial charge < -0.3 is 15.0 Å². The Bertz CT molecular complexity index is 196. The second kappa shape index (κ2) is 4.75. The highest BCUT2D eigenvalue weighted by atomic mass is 16.5. The first-order valence-electron chi connectivity index (χ1n) is 5.45. The summed E-state index contributed by atoms with van der Waals surface area (Å²) in [5.74, 6) is 0.224. The van der Waals surface area contributed by atoms with Crippen molar-refractivity contribution in [2.75, 3.05) is 32.8 Å². The SMILES string of the molecule is O=C(CNC1CC1)N1CCCOCC1. The van der Waals surface area contributed by atoms with Crippen LogP contribution in [-0.4, -0.2) is 49.7 Å². The van der Waals surface area contributed by atoms with E-state index in [4.69, 9.17) is 4.74 Å². The van der Waals surface area contributed by atoms with Crippen LogP contribution in [0.25, 0.3) is 0 Å². The van der Waals surface area contributed by atoms with Crippen LogP contribution in [0, 0.1) is 0 Å². The number of nitrogens with one attached hydrogen (secondary N) is 1. The van der Waals surface area contributed by atoms with E-state index in [0.29, 0.717) is 19.2 Å². The maximum Gasteiger partial charge on any atom is 0.236 e. The van der Waals surface area contributed by atoms with E-state index in [1.807, 2.05) is 4.90 Å². The first-order valence-corrected chi connectivity index (χ1v) is 5.45. The molecule has 2 aliphatic rings. The van der Waals surface area contributed by atoms with Gasteiger partial charge in [0.05, 0.1) is 13.2 Å². The molecule has 14 heavy (non-hydrogen) atoms. The Morgan fingerprint density at radius 3 is 3.00 bits per heavy atom. The van der Waals surface area contributed by atoms with Crippen molar-refractivity contribution >= 4 is 5.91 Å². The zero-order chi connectivity index (χ0) is 9.80. The number of carbonyl (C=O) groups is 1. The summed E-state index contributed by atoms with van der Waals surface area (Å²) < 4.78 is 5.30. The molecule has 2 fully saturated rings. The molecule has 0 aromatic rings. The van der Waals surface area contributed by atoms with Crippen LogP contribution < -0.4 is 5.32 Å². The Morgan fingerprint density at radius 2 is 2.21 bits per heavy atom. The van der Waals surface area contributed by atoms with Crippen molar-refractivity contribution in [2.24, 2.45) is 0 Å². The van der Waals surface area contributed by atoms with E-state index >= 15 is 0 Å². The molecule has 1 aliphatic carbocycles. The van der Waals surface area contributed by atoms with Crippen molar-refractivity contribution in [3.63, 3.8) is 0 Å². The normalized spacial score (nSPS) is 23.3. The summed E-state index contributed by atoms with van der Waals surface area (Å²) in [6, 6.07) is 0.613. The second-order valence-electron chi connectivity index (χ2n) is 4.00. The Labute approximate surface area is 84.6 Å². The Morgan fingerprint density at radius 1 is 1.36 bits per heavy atom. The summed E-state index contributed by atoms with van der Waals surface area (Å²) >= 11 is 0. The fourth-order valence-corrected chi connectivity index (χ4v) is 1.63. The number of hydrogen-bond acceptors (Lipinski definition) is 3. The predicted molar refractivity (Wildman–Crippen MR) is 53.0 cm³/mol. The minimum absolute atomic E-state index is 0.224. The predicted octanol–water partition coefficient (Wildman–Crippen LogP) is -0.0127. The molecule has 1 aliphatic heterocycles. The van der Waals surface area contributed by atoms with Gasteiger partial charge in [-0.1, -0.05) is 0 Å². The highest BCUT2D eigenvalue weighted by molar-refractivity contribution is 5.78. The third-order valence-corrected chi connectivity index (χ3v) is 2.69. The maximum absolute atomic E-state index is 11.7. The van der Waals surface area contributed by atoms with Gasteiger partial charge in [-0.05, 0) is 19.3 Å². The van der Waals surface area contributed by atoms with E-state index < -0.39 is 0 Å². The lowest BCUT2D eigenvalue weighted by molar-refractivity contribution is -0.130. The summed E-state index contributed by atoms with van der Waals surface area (Å²) in [5.41, 5.74) is 0. The monoisotopic (exact) mass is 198 g/mol. The number of hydrogen-bond donors (Lipinski definition) is 1. The van der Waals surface area contributed by atoms with Crippen molar-refractivity contribution in [3.8, 4) is 0 Å². The molecule has 2 rings (SSSR count). The van der Waals surface area contributed by atoms with Gasteiger partial charge in [0.15, 0.2) is 0 Å². The van der Waals surface area contributed by atoms with Gasteiger partial charge in [-0.2, -0.15) is 0 Å². The summed E-state index contributed by atoms with van der Waals surface area (Å²) in [6.45, 7) is 3.59. The third-order valence-electron chi connectivity index (χ3n) is 2.69. The smallest absolute Gasteiger partial charge is 0.236 e. The zero-order valence-electron chi connectivity index (χ0n) is 8.50. The van der Waals surface area contributed by atoms with E-state index in [9.17, 15) is 4.79 Å². The maximum atomic E-state index is 11.7. The van der Waals surface area contributed by atoms with Crippen LogP contribution in [0.5, 0.6) is 0 Å². The van der Waals surface area contributed by atoms with Crippen LogP contribution in [0.2, 0.25) is 0 Å².